The summed E-state index contributed by atoms with van der Waals surface area (Å²) < 4.78 is 5.31. The minimum Gasteiger partial charge on any atom is -0.390 e. The monoisotopic (exact) mass is 130 g/mol. The van der Waals surface area contributed by atoms with Gasteiger partial charge in [0.2, 0.25) is 0 Å². The first-order chi connectivity index (χ1) is 4.04. The molecule has 54 valence electrons. The summed E-state index contributed by atoms with van der Waals surface area (Å²) in [6.07, 6.45) is -0.264. The van der Waals surface area contributed by atoms with E-state index in [0.717, 1.165) is 0 Å². The van der Waals surface area contributed by atoms with E-state index in [1.165, 1.54) is 0 Å². The predicted octanol–water partition coefficient (Wildman–Crippen LogP) is 0.792. The van der Waals surface area contributed by atoms with Gasteiger partial charge in [0.25, 0.3) is 0 Å². The average molecular weight is 130 g/mol. The number of rotatable bonds is 0. The molecule has 0 radical (unpaired) electrons. The van der Waals surface area contributed by atoms with Gasteiger partial charge in [-0.1, -0.05) is 6.92 Å². The van der Waals surface area contributed by atoms with E-state index in [2.05, 4.69) is 0 Å². The van der Waals surface area contributed by atoms with E-state index in [-0.39, 0.29) is 17.6 Å². The quantitative estimate of drug-likeness (QED) is 0.525. The standard InChI is InChI=1S/C7H14O2/c1-5-6(8)4-9-7(5,2)3/h5-6,8H,4H2,1-3H3. The molecule has 2 atom stereocenters. The van der Waals surface area contributed by atoms with Crippen LogP contribution in [-0.2, 0) is 4.74 Å². The molecule has 0 aliphatic carbocycles. The highest BCUT2D eigenvalue weighted by Crippen LogP contribution is 2.30. The van der Waals surface area contributed by atoms with Gasteiger partial charge in [-0.15, -0.1) is 0 Å². The van der Waals surface area contributed by atoms with Gasteiger partial charge in [-0.05, 0) is 13.8 Å². The third-order valence-corrected chi connectivity index (χ3v) is 2.30. The molecule has 0 bridgehead atoms. The lowest BCUT2D eigenvalue weighted by Gasteiger charge is -2.22. The van der Waals surface area contributed by atoms with Crippen LogP contribution in [0.5, 0.6) is 0 Å². The molecule has 1 saturated heterocycles. The largest absolute Gasteiger partial charge is 0.390 e. The summed E-state index contributed by atoms with van der Waals surface area (Å²) in [6, 6.07) is 0. The molecule has 1 N–H and O–H groups in total. The van der Waals surface area contributed by atoms with Crippen LogP contribution in [0.4, 0.5) is 0 Å². The van der Waals surface area contributed by atoms with Crippen molar-refractivity contribution in [2.45, 2.75) is 32.5 Å². The summed E-state index contributed by atoms with van der Waals surface area (Å²) in [5.41, 5.74) is -0.126. The first-order valence-corrected chi connectivity index (χ1v) is 3.36. The molecule has 0 saturated carbocycles. The first kappa shape index (κ1) is 7.03. The van der Waals surface area contributed by atoms with Gasteiger partial charge in [0.05, 0.1) is 18.3 Å². The van der Waals surface area contributed by atoms with Crippen molar-refractivity contribution in [3.63, 3.8) is 0 Å². The zero-order valence-corrected chi connectivity index (χ0v) is 6.22. The lowest BCUT2D eigenvalue weighted by atomic mass is 9.91. The first-order valence-electron chi connectivity index (χ1n) is 3.36. The minimum atomic E-state index is -0.264. The third-order valence-electron chi connectivity index (χ3n) is 2.30. The maximum atomic E-state index is 9.21. The van der Waals surface area contributed by atoms with E-state index in [0.29, 0.717) is 6.61 Å². The van der Waals surface area contributed by atoms with Crippen LogP contribution in [0, 0.1) is 5.92 Å². The van der Waals surface area contributed by atoms with Crippen molar-refractivity contribution in [3.8, 4) is 0 Å². The Labute approximate surface area is 55.8 Å². The van der Waals surface area contributed by atoms with Gasteiger partial charge in [0.1, 0.15) is 0 Å². The van der Waals surface area contributed by atoms with Crippen molar-refractivity contribution in [2.24, 2.45) is 5.92 Å². The molecule has 1 aliphatic heterocycles. The van der Waals surface area contributed by atoms with Gasteiger partial charge in [-0.3, -0.25) is 0 Å². The second-order valence-electron chi connectivity index (χ2n) is 3.27. The van der Waals surface area contributed by atoms with E-state index in [1.807, 2.05) is 20.8 Å². The van der Waals surface area contributed by atoms with E-state index in [1.54, 1.807) is 0 Å². The van der Waals surface area contributed by atoms with E-state index in [4.69, 9.17) is 4.74 Å². The van der Waals surface area contributed by atoms with Gasteiger partial charge in [-0.25, -0.2) is 0 Å². The van der Waals surface area contributed by atoms with Gasteiger partial charge >= 0.3 is 0 Å². The van der Waals surface area contributed by atoms with Crippen LogP contribution in [0.15, 0.2) is 0 Å². The summed E-state index contributed by atoms with van der Waals surface area (Å²) in [5, 5.41) is 9.21. The van der Waals surface area contributed by atoms with E-state index >= 15 is 0 Å². The fraction of sp³-hybridized carbons (Fsp3) is 1.00. The average Bonchev–Trinajstić information content (AvgIpc) is 1.97. The van der Waals surface area contributed by atoms with Crippen LogP contribution in [-0.4, -0.2) is 23.4 Å². The minimum absolute atomic E-state index is 0.126. The highest BCUT2D eigenvalue weighted by Gasteiger charge is 2.38. The molecule has 2 unspecified atom stereocenters. The van der Waals surface area contributed by atoms with Crippen LogP contribution in [0.25, 0.3) is 0 Å². The van der Waals surface area contributed by atoms with Gasteiger partial charge in [0.15, 0.2) is 0 Å². The molecule has 2 heteroatoms. The van der Waals surface area contributed by atoms with Gasteiger partial charge in [0, 0.05) is 5.92 Å². The SMILES string of the molecule is CC1C(O)COC1(C)C. The highest BCUT2D eigenvalue weighted by molar-refractivity contribution is 4.87. The number of aliphatic hydroxyl groups is 1. The van der Waals surface area contributed by atoms with Crippen molar-refractivity contribution in [3.05, 3.63) is 0 Å². The Hall–Kier alpha value is -0.0800. The number of ether oxygens (including phenoxy) is 1. The van der Waals surface area contributed by atoms with E-state index in [9.17, 15) is 5.11 Å². The molecule has 1 rings (SSSR count). The van der Waals surface area contributed by atoms with Gasteiger partial charge in [-0.2, -0.15) is 0 Å². The summed E-state index contributed by atoms with van der Waals surface area (Å²) in [5.74, 6) is 0.262. The smallest absolute Gasteiger partial charge is 0.0826 e. The second kappa shape index (κ2) is 1.96. The molecular formula is C7H14O2. The zero-order chi connectivity index (χ0) is 7.07. The Bertz CT molecular complexity index is 109. The van der Waals surface area contributed by atoms with Crippen LogP contribution in [0.3, 0.4) is 0 Å². The summed E-state index contributed by atoms with van der Waals surface area (Å²) in [7, 11) is 0. The Kier molecular flexibility index (Phi) is 1.53. The molecule has 1 fully saturated rings. The molecule has 9 heavy (non-hydrogen) atoms. The lowest BCUT2D eigenvalue weighted by Crippen LogP contribution is -2.29. The summed E-state index contributed by atoms with van der Waals surface area (Å²) >= 11 is 0. The van der Waals surface area contributed by atoms with E-state index < -0.39 is 0 Å². The third kappa shape index (κ3) is 1.10. The van der Waals surface area contributed by atoms with Crippen molar-refractivity contribution in [2.75, 3.05) is 6.61 Å². The highest BCUT2D eigenvalue weighted by atomic mass is 16.5. The topological polar surface area (TPSA) is 29.5 Å². The molecule has 0 aromatic heterocycles. The Balaban J connectivity index is 2.62. The maximum absolute atomic E-state index is 9.21. The molecule has 1 aliphatic rings. The molecule has 0 aromatic carbocycles. The molecule has 0 amide bonds. The maximum Gasteiger partial charge on any atom is 0.0826 e. The number of aliphatic hydroxyl groups excluding tert-OH is 1. The Morgan fingerprint density at radius 3 is 2.22 bits per heavy atom. The molecule has 0 spiro atoms. The van der Waals surface area contributed by atoms with Crippen molar-refractivity contribution in [1.29, 1.82) is 0 Å². The predicted molar refractivity (Wildman–Crippen MR) is 35.2 cm³/mol. The van der Waals surface area contributed by atoms with Gasteiger partial charge < -0.3 is 9.84 Å². The number of hydrogen-bond donors (Lipinski definition) is 1. The van der Waals surface area contributed by atoms with Crippen molar-refractivity contribution in [1.82, 2.24) is 0 Å². The zero-order valence-electron chi connectivity index (χ0n) is 6.22. The fourth-order valence-electron chi connectivity index (χ4n) is 1.04. The fourth-order valence-corrected chi connectivity index (χ4v) is 1.04. The van der Waals surface area contributed by atoms with Crippen molar-refractivity contribution >= 4 is 0 Å². The van der Waals surface area contributed by atoms with Crippen LogP contribution in [0.1, 0.15) is 20.8 Å². The molecule has 1 heterocycles. The molecular weight excluding hydrogens is 116 g/mol. The number of hydrogen-bond acceptors (Lipinski definition) is 2. The second-order valence-corrected chi connectivity index (χ2v) is 3.27. The normalized spacial score (nSPS) is 41.3. The summed E-state index contributed by atoms with van der Waals surface area (Å²) in [4.78, 5) is 0. The Morgan fingerprint density at radius 2 is 2.11 bits per heavy atom. The summed E-state index contributed by atoms with van der Waals surface area (Å²) in [6.45, 7) is 6.52. The molecule has 2 nitrogen and oxygen atoms in total. The van der Waals surface area contributed by atoms with Crippen molar-refractivity contribution < 1.29 is 9.84 Å². The lowest BCUT2D eigenvalue weighted by molar-refractivity contribution is 0.0151. The molecule has 0 aromatic rings. The van der Waals surface area contributed by atoms with Crippen LogP contribution < -0.4 is 0 Å². The van der Waals surface area contributed by atoms with Crippen LogP contribution >= 0.6 is 0 Å². The van der Waals surface area contributed by atoms with Crippen LogP contribution in [0.2, 0.25) is 0 Å². The Morgan fingerprint density at radius 1 is 1.56 bits per heavy atom.